The van der Waals surface area contributed by atoms with Crippen molar-refractivity contribution in [1.82, 2.24) is 15.2 Å². The van der Waals surface area contributed by atoms with Crippen molar-refractivity contribution in [2.75, 3.05) is 23.3 Å². The van der Waals surface area contributed by atoms with Crippen LogP contribution in [0.1, 0.15) is 115 Å². The molecule has 1 aromatic carbocycles. The first-order valence-corrected chi connectivity index (χ1v) is 17.0. The average Bonchev–Trinajstić information content (AvgIpc) is 3.86. The number of pyridine rings is 1. The van der Waals surface area contributed by atoms with Crippen LogP contribution in [0.3, 0.4) is 0 Å². The van der Waals surface area contributed by atoms with Gasteiger partial charge in [0.1, 0.15) is 5.82 Å². The van der Waals surface area contributed by atoms with Crippen LogP contribution in [0.4, 0.5) is 11.5 Å². The van der Waals surface area contributed by atoms with Crippen molar-refractivity contribution in [2.45, 2.75) is 114 Å². The highest BCUT2D eigenvalue weighted by atomic mass is 16.2. The number of ketones is 1. The first-order chi connectivity index (χ1) is 21.4. The summed E-state index contributed by atoms with van der Waals surface area (Å²) in [6, 6.07) is 10.8. The third-order valence-corrected chi connectivity index (χ3v) is 10.8. The molecule has 9 nitrogen and oxygen atoms in total. The summed E-state index contributed by atoms with van der Waals surface area (Å²) in [5, 5.41) is 6.88. The highest BCUT2D eigenvalue weighted by Crippen LogP contribution is 2.39. The Morgan fingerprint density at radius 1 is 0.773 bits per heavy atom. The summed E-state index contributed by atoms with van der Waals surface area (Å²) in [4.78, 5) is 47.9. The van der Waals surface area contributed by atoms with E-state index in [4.69, 9.17) is 5.73 Å². The van der Waals surface area contributed by atoms with Crippen LogP contribution < -0.4 is 21.3 Å². The number of primary amides is 1. The Balaban J connectivity index is 0.968. The second-order valence-corrected chi connectivity index (χ2v) is 13.8. The predicted molar refractivity (Wildman–Crippen MR) is 171 cm³/mol. The minimum absolute atomic E-state index is 0.0734. The van der Waals surface area contributed by atoms with E-state index in [0.717, 1.165) is 70.0 Å². The summed E-state index contributed by atoms with van der Waals surface area (Å²) in [7, 11) is 0. The Bertz CT molecular complexity index is 1360. The molecule has 2 amide bonds. The van der Waals surface area contributed by atoms with E-state index in [0.29, 0.717) is 40.5 Å². The number of benzene rings is 1. The molecule has 0 spiro atoms. The van der Waals surface area contributed by atoms with Crippen LogP contribution in [0.25, 0.3) is 0 Å². The van der Waals surface area contributed by atoms with E-state index in [1.807, 2.05) is 18.2 Å². The molecular formula is C35H46N6O3. The lowest BCUT2D eigenvalue weighted by atomic mass is 9.88. The highest BCUT2D eigenvalue weighted by Gasteiger charge is 2.42. The molecule has 4 heterocycles. The summed E-state index contributed by atoms with van der Waals surface area (Å²) in [6.07, 6.45) is 16.0. The molecule has 2 bridgehead atoms. The van der Waals surface area contributed by atoms with Crippen LogP contribution in [0.2, 0.25) is 0 Å². The molecule has 5 fully saturated rings. The standard InChI is InChI=1S/C35H46N6O3/c36-34(43)30-14-6-23(18-31(30)38-25-8-10-27(11-9-25)40-16-2-1-3-17-40)35(44)39-26-19-28-12-13-29(20-26)41(28)32-15-7-24(21-37-32)33(42)22-4-5-22/h6-7,14-15,18,21-22,25-29,38H,1-5,8-13,16-17,19-20H2,(H2,36,43)(H,39,44)/t25?,26?,27?,28-,29+. The molecule has 1 unspecified atom stereocenters. The van der Waals surface area contributed by atoms with Gasteiger partial charge >= 0.3 is 0 Å². The molecule has 4 N–H and O–H groups in total. The van der Waals surface area contributed by atoms with Crippen molar-refractivity contribution in [3.8, 4) is 0 Å². The molecule has 3 saturated heterocycles. The van der Waals surface area contributed by atoms with Crippen LogP contribution in [-0.2, 0) is 0 Å². The number of rotatable bonds is 9. The van der Waals surface area contributed by atoms with E-state index < -0.39 is 5.91 Å². The summed E-state index contributed by atoms with van der Waals surface area (Å²) in [5.41, 5.74) is 8.10. The number of anilines is 2. The zero-order valence-electron chi connectivity index (χ0n) is 25.7. The van der Waals surface area contributed by atoms with Gasteiger partial charge in [-0.25, -0.2) is 4.98 Å². The monoisotopic (exact) mass is 598 g/mol. The maximum Gasteiger partial charge on any atom is 0.251 e. The Kier molecular flexibility index (Phi) is 8.31. The zero-order valence-corrected chi connectivity index (χ0v) is 25.7. The van der Waals surface area contributed by atoms with E-state index in [1.54, 1.807) is 18.3 Å². The summed E-state index contributed by atoms with van der Waals surface area (Å²) in [6.45, 7) is 2.44. The number of nitrogens with zero attached hydrogens (tertiary/aromatic N) is 3. The molecule has 1 aromatic heterocycles. The zero-order chi connectivity index (χ0) is 30.2. The summed E-state index contributed by atoms with van der Waals surface area (Å²) in [5.74, 6) is 0.746. The number of aromatic nitrogens is 1. The second-order valence-electron chi connectivity index (χ2n) is 13.8. The number of carbonyl (C=O) groups is 3. The van der Waals surface area contributed by atoms with Crippen molar-refractivity contribution in [3.63, 3.8) is 0 Å². The Morgan fingerprint density at radius 2 is 1.45 bits per heavy atom. The van der Waals surface area contributed by atoms with Crippen molar-refractivity contribution >= 4 is 29.1 Å². The van der Waals surface area contributed by atoms with Crippen LogP contribution in [0.5, 0.6) is 0 Å². The number of hydrogen-bond donors (Lipinski definition) is 3. The van der Waals surface area contributed by atoms with Crippen molar-refractivity contribution in [3.05, 3.63) is 53.2 Å². The van der Waals surface area contributed by atoms with Gasteiger partial charge in [0.25, 0.3) is 11.8 Å². The van der Waals surface area contributed by atoms with Gasteiger partial charge < -0.3 is 26.2 Å². The number of fused-ring (bicyclic) bond motifs is 2. The van der Waals surface area contributed by atoms with Crippen molar-refractivity contribution in [1.29, 1.82) is 0 Å². The SMILES string of the molecule is NC(=O)c1ccc(C(=O)NC2C[C@H]3CC[C@@H](C2)N3c2ccc(C(=O)C3CC3)cn2)cc1NC1CCC(N2CCCCC2)CC1. The van der Waals surface area contributed by atoms with Gasteiger partial charge in [0.15, 0.2) is 5.78 Å². The van der Waals surface area contributed by atoms with E-state index in [2.05, 4.69) is 25.4 Å². The van der Waals surface area contributed by atoms with Gasteiger partial charge in [0.05, 0.1) is 5.56 Å². The number of hydrogen-bond acceptors (Lipinski definition) is 7. The van der Waals surface area contributed by atoms with E-state index in [9.17, 15) is 14.4 Å². The van der Waals surface area contributed by atoms with Gasteiger partial charge in [-0.3, -0.25) is 14.4 Å². The molecule has 9 heteroatoms. The van der Waals surface area contributed by atoms with E-state index >= 15 is 0 Å². The normalized spacial score (nSPS) is 28.8. The molecule has 7 rings (SSSR count). The fraction of sp³-hybridized carbons (Fsp3) is 0.600. The molecular weight excluding hydrogens is 552 g/mol. The Labute approximate surface area is 260 Å². The number of amides is 2. The van der Waals surface area contributed by atoms with Gasteiger partial charge in [-0.2, -0.15) is 0 Å². The van der Waals surface area contributed by atoms with E-state index in [1.165, 1.54) is 32.4 Å². The van der Waals surface area contributed by atoms with Gasteiger partial charge in [0.2, 0.25) is 0 Å². The van der Waals surface area contributed by atoms with Gasteiger partial charge in [-0.15, -0.1) is 0 Å². The fourth-order valence-corrected chi connectivity index (χ4v) is 8.31. The van der Waals surface area contributed by atoms with Crippen LogP contribution >= 0.6 is 0 Å². The predicted octanol–water partition coefficient (Wildman–Crippen LogP) is 4.91. The number of nitrogens with two attached hydrogens (primary N) is 1. The van der Waals surface area contributed by atoms with Gasteiger partial charge in [-0.05, 0) is 120 Å². The molecule has 5 aliphatic rings. The first-order valence-electron chi connectivity index (χ1n) is 17.0. The maximum absolute atomic E-state index is 13.5. The fourth-order valence-electron chi connectivity index (χ4n) is 8.31. The molecule has 2 aromatic rings. The Morgan fingerprint density at radius 3 is 2.09 bits per heavy atom. The lowest BCUT2D eigenvalue weighted by Gasteiger charge is -2.40. The third-order valence-electron chi connectivity index (χ3n) is 10.8. The largest absolute Gasteiger partial charge is 0.382 e. The lowest BCUT2D eigenvalue weighted by Crippen LogP contribution is -2.50. The number of likely N-dealkylation sites (tertiary alicyclic amines) is 1. The molecule has 234 valence electrons. The van der Waals surface area contributed by atoms with E-state index in [-0.39, 0.29) is 29.7 Å². The number of piperidine rings is 2. The van der Waals surface area contributed by atoms with Gasteiger partial charge in [0, 0.05) is 59.1 Å². The van der Waals surface area contributed by atoms with Crippen LogP contribution in [0, 0.1) is 5.92 Å². The first kappa shape index (κ1) is 29.3. The van der Waals surface area contributed by atoms with Crippen molar-refractivity contribution < 1.29 is 14.4 Å². The quantitative estimate of drug-likeness (QED) is 0.351. The molecule has 2 aliphatic carbocycles. The summed E-state index contributed by atoms with van der Waals surface area (Å²) < 4.78 is 0. The van der Waals surface area contributed by atoms with Crippen LogP contribution in [0.15, 0.2) is 36.5 Å². The molecule has 44 heavy (non-hydrogen) atoms. The number of carbonyl (C=O) groups excluding carboxylic acids is 3. The molecule has 3 aliphatic heterocycles. The molecule has 3 atom stereocenters. The maximum atomic E-state index is 13.5. The molecule has 0 radical (unpaired) electrons. The average molecular weight is 599 g/mol. The topological polar surface area (TPSA) is 121 Å². The number of Topliss-reactive ketones (excluding diaryl/α,β-unsaturated/α-hetero) is 1. The molecule has 2 saturated carbocycles. The van der Waals surface area contributed by atoms with Crippen LogP contribution in [-0.4, -0.2) is 70.8 Å². The van der Waals surface area contributed by atoms with Gasteiger partial charge in [-0.1, -0.05) is 6.42 Å². The van der Waals surface area contributed by atoms with Crippen molar-refractivity contribution in [2.24, 2.45) is 11.7 Å². The minimum atomic E-state index is -0.482. The lowest BCUT2D eigenvalue weighted by molar-refractivity contribution is 0.0924. The smallest absolute Gasteiger partial charge is 0.251 e. The third kappa shape index (κ3) is 6.21. The number of nitrogens with one attached hydrogen (secondary N) is 2. The summed E-state index contributed by atoms with van der Waals surface area (Å²) >= 11 is 0. The highest BCUT2D eigenvalue weighted by molar-refractivity contribution is 6.02. The minimum Gasteiger partial charge on any atom is -0.382 e. The Hall–Kier alpha value is -3.46. The second kappa shape index (κ2) is 12.5.